The van der Waals surface area contributed by atoms with Crippen molar-refractivity contribution in [2.24, 2.45) is 0 Å². The molecular weight excluding hydrogens is 201 g/mol. The van der Waals surface area contributed by atoms with Crippen LogP contribution in [0, 0.1) is 6.07 Å². The van der Waals surface area contributed by atoms with Crippen LogP contribution in [0.3, 0.4) is 0 Å². The van der Waals surface area contributed by atoms with Gasteiger partial charge in [-0.15, -0.1) is 11.9 Å². The first-order valence-electron chi connectivity index (χ1n) is 2.98. The second kappa shape index (κ2) is 4.92. The number of nitrogens with zero attached hydrogens (tertiary/aromatic N) is 2. The van der Waals surface area contributed by atoms with E-state index in [1.807, 2.05) is 0 Å². The molecule has 0 aliphatic carbocycles. The van der Waals surface area contributed by atoms with Crippen molar-refractivity contribution in [3.8, 4) is 0 Å². The molecule has 0 aromatic carbocycles. The molecule has 3 heteroatoms. The summed E-state index contributed by atoms with van der Waals surface area (Å²) in [4.78, 5) is 7.77. The molecule has 0 aliphatic heterocycles. The summed E-state index contributed by atoms with van der Waals surface area (Å²) in [7, 11) is 0. The van der Waals surface area contributed by atoms with E-state index in [4.69, 9.17) is 0 Å². The Hall–Kier alpha value is 0.184. The summed E-state index contributed by atoms with van der Waals surface area (Å²) in [5.41, 5.74) is 0.977. The Morgan fingerprint density at radius 3 is 2.50 bits per heavy atom. The molecule has 0 N–H and O–H groups in total. The Bertz CT molecular complexity index is 174. The van der Waals surface area contributed by atoms with Crippen molar-refractivity contribution in [2.45, 2.75) is 19.8 Å². The van der Waals surface area contributed by atoms with Crippen LogP contribution >= 0.6 is 0 Å². The summed E-state index contributed by atoms with van der Waals surface area (Å²) >= 11 is 0. The average molecular weight is 210 g/mol. The topological polar surface area (TPSA) is 25.8 Å². The molecule has 0 saturated heterocycles. The molecule has 1 aromatic heterocycles. The smallest absolute Gasteiger partial charge is 0.108 e. The first-order valence-corrected chi connectivity index (χ1v) is 2.98. The van der Waals surface area contributed by atoms with Crippen molar-refractivity contribution < 1.29 is 32.7 Å². The van der Waals surface area contributed by atoms with E-state index in [-0.39, 0.29) is 32.7 Å². The van der Waals surface area contributed by atoms with E-state index >= 15 is 0 Å². The zero-order valence-corrected chi connectivity index (χ0v) is 9.04. The molecule has 10 heavy (non-hydrogen) atoms. The summed E-state index contributed by atoms with van der Waals surface area (Å²) < 4.78 is 0. The molecule has 1 aromatic rings. The fourth-order valence-corrected chi connectivity index (χ4v) is 0.585. The Labute approximate surface area is 86.3 Å². The van der Waals surface area contributed by atoms with Crippen LogP contribution in [0.5, 0.6) is 0 Å². The van der Waals surface area contributed by atoms with Crippen LogP contribution in [0.25, 0.3) is 0 Å². The minimum Gasteiger partial charge on any atom is -0.430 e. The largest absolute Gasteiger partial charge is 0.430 e. The molecule has 0 amide bonds. The quantitative estimate of drug-likeness (QED) is 0.654. The van der Waals surface area contributed by atoms with E-state index in [2.05, 4.69) is 29.9 Å². The van der Waals surface area contributed by atoms with E-state index in [0.717, 1.165) is 5.69 Å². The zero-order valence-electron chi connectivity index (χ0n) is 6.20. The van der Waals surface area contributed by atoms with Gasteiger partial charge >= 0.3 is 0 Å². The molecule has 1 radical (unpaired) electrons. The third-order valence-corrected chi connectivity index (χ3v) is 1.10. The molecule has 0 saturated carbocycles. The fourth-order valence-electron chi connectivity index (χ4n) is 0.585. The summed E-state index contributed by atoms with van der Waals surface area (Å²) in [6.45, 7) is 4.16. The third-order valence-electron chi connectivity index (χ3n) is 1.10. The Balaban J connectivity index is 0.000000810. The van der Waals surface area contributed by atoms with Gasteiger partial charge in [-0.1, -0.05) is 13.8 Å². The van der Waals surface area contributed by atoms with Gasteiger partial charge in [0.05, 0.1) is 0 Å². The number of hydrogen-bond acceptors (Lipinski definition) is 2. The second-order valence-electron chi connectivity index (χ2n) is 2.21. The predicted molar refractivity (Wildman–Crippen MR) is 35.0 cm³/mol. The van der Waals surface area contributed by atoms with Crippen LogP contribution in [-0.2, 0) is 32.7 Å². The summed E-state index contributed by atoms with van der Waals surface area (Å²) in [5.74, 6) is 0.452. The van der Waals surface area contributed by atoms with Gasteiger partial charge in [-0.25, -0.2) is 0 Å². The van der Waals surface area contributed by atoms with Crippen LogP contribution in [0.1, 0.15) is 25.5 Å². The van der Waals surface area contributed by atoms with Crippen molar-refractivity contribution in [2.75, 3.05) is 0 Å². The van der Waals surface area contributed by atoms with Crippen molar-refractivity contribution in [1.29, 1.82) is 0 Å². The van der Waals surface area contributed by atoms with Gasteiger partial charge in [0.1, 0.15) is 6.33 Å². The first-order chi connectivity index (χ1) is 4.30. The van der Waals surface area contributed by atoms with Gasteiger partial charge in [0.15, 0.2) is 0 Å². The fraction of sp³-hybridized carbons (Fsp3) is 0.429. The maximum absolute atomic E-state index is 4.01. The van der Waals surface area contributed by atoms with Gasteiger partial charge in [0.2, 0.25) is 0 Å². The van der Waals surface area contributed by atoms with Crippen molar-refractivity contribution in [1.82, 2.24) is 9.97 Å². The SMILES string of the molecule is CC(C)c1[c-]cncn1.[Y]. The first kappa shape index (κ1) is 10.2. The summed E-state index contributed by atoms with van der Waals surface area (Å²) in [5, 5.41) is 0. The van der Waals surface area contributed by atoms with E-state index < -0.39 is 0 Å². The monoisotopic (exact) mass is 210 g/mol. The van der Waals surface area contributed by atoms with E-state index in [1.54, 1.807) is 12.5 Å². The molecule has 0 spiro atoms. The molecule has 0 atom stereocenters. The van der Waals surface area contributed by atoms with Gasteiger partial charge in [-0.3, -0.25) is 9.97 Å². The number of hydrogen-bond donors (Lipinski definition) is 0. The van der Waals surface area contributed by atoms with Gasteiger partial charge in [0, 0.05) is 32.7 Å². The van der Waals surface area contributed by atoms with E-state index in [0.29, 0.717) is 5.92 Å². The average Bonchev–Trinajstić information content (AvgIpc) is 1.90. The molecule has 0 bridgehead atoms. The standard InChI is InChI=1S/C7H9N2.Y/c1-6(2)7-3-4-8-5-9-7;/h4-6H,1-2H3;/q-1;. The molecular formula is C7H9N2Y-. The van der Waals surface area contributed by atoms with Crippen LogP contribution in [0.4, 0.5) is 0 Å². The molecule has 0 fully saturated rings. The molecule has 2 nitrogen and oxygen atoms in total. The second-order valence-corrected chi connectivity index (χ2v) is 2.21. The normalized spacial score (nSPS) is 9.10. The van der Waals surface area contributed by atoms with Gasteiger partial charge < -0.3 is 6.07 Å². The number of rotatable bonds is 1. The number of aromatic nitrogens is 2. The van der Waals surface area contributed by atoms with Gasteiger partial charge in [-0.05, 0) is 5.92 Å². The predicted octanol–water partition coefficient (Wildman–Crippen LogP) is 1.40. The zero-order chi connectivity index (χ0) is 6.69. The van der Waals surface area contributed by atoms with Crippen LogP contribution in [-0.4, -0.2) is 9.97 Å². The van der Waals surface area contributed by atoms with Crippen LogP contribution in [0.15, 0.2) is 12.5 Å². The van der Waals surface area contributed by atoms with Gasteiger partial charge in [0.25, 0.3) is 0 Å². The molecule has 0 aliphatic rings. The van der Waals surface area contributed by atoms with E-state index in [9.17, 15) is 0 Å². The third kappa shape index (κ3) is 2.85. The van der Waals surface area contributed by atoms with Crippen LogP contribution in [0.2, 0.25) is 0 Å². The van der Waals surface area contributed by atoms with Crippen molar-refractivity contribution in [3.05, 3.63) is 24.3 Å². The molecule has 1 rings (SSSR count). The minimum absolute atomic E-state index is 0. The maximum Gasteiger partial charge on any atom is 0.108 e. The van der Waals surface area contributed by atoms with Crippen molar-refractivity contribution >= 4 is 0 Å². The molecule has 1 heterocycles. The van der Waals surface area contributed by atoms with Crippen molar-refractivity contribution in [3.63, 3.8) is 0 Å². The Morgan fingerprint density at radius 1 is 1.50 bits per heavy atom. The Kier molecular flexibility index (Phi) is 5.01. The molecule has 0 unspecified atom stereocenters. The molecule has 51 valence electrons. The van der Waals surface area contributed by atoms with E-state index in [1.165, 1.54) is 0 Å². The van der Waals surface area contributed by atoms with Gasteiger partial charge in [-0.2, -0.15) is 0 Å². The Morgan fingerprint density at radius 2 is 2.20 bits per heavy atom. The summed E-state index contributed by atoms with van der Waals surface area (Å²) in [6, 6.07) is 2.95. The van der Waals surface area contributed by atoms with Crippen LogP contribution < -0.4 is 0 Å². The summed E-state index contributed by atoms with van der Waals surface area (Å²) in [6.07, 6.45) is 3.19. The minimum atomic E-state index is 0. The maximum atomic E-state index is 4.01.